The lowest BCUT2D eigenvalue weighted by molar-refractivity contribution is -0.386. The maximum Gasteiger partial charge on any atom is 0.312 e. The summed E-state index contributed by atoms with van der Waals surface area (Å²) < 4.78 is 1.78. The highest BCUT2D eigenvalue weighted by Crippen LogP contribution is 2.48. The predicted octanol–water partition coefficient (Wildman–Crippen LogP) is 2.58. The monoisotopic (exact) mass is 287 g/mol. The molecule has 0 N–H and O–H groups in total. The first kappa shape index (κ1) is 11.6. The molecule has 0 aromatic carbocycles. The van der Waals surface area contributed by atoms with E-state index in [0.29, 0.717) is 11.4 Å². The van der Waals surface area contributed by atoms with E-state index in [1.807, 2.05) is 0 Å². The van der Waals surface area contributed by atoms with Gasteiger partial charge in [0.15, 0.2) is 0 Å². The van der Waals surface area contributed by atoms with Crippen molar-refractivity contribution in [3.63, 3.8) is 0 Å². The van der Waals surface area contributed by atoms with E-state index in [0.717, 1.165) is 11.9 Å². The van der Waals surface area contributed by atoms with E-state index >= 15 is 0 Å². The largest absolute Gasteiger partial charge is 0.312 e. The van der Waals surface area contributed by atoms with E-state index in [-0.39, 0.29) is 16.0 Å². The molecule has 2 rings (SSSR count). The van der Waals surface area contributed by atoms with Crippen LogP contribution in [0, 0.1) is 29.4 Å². The molecule has 5 nitrogen and oxygen atoms in total. The number of hydrogen-bond donors (Lipinski definition) is 0. The van der Waals surface area contributed by atoms with Gasteiger partial charge in [0.05, 0.1) is 4.92 Å². The van der Waals surface area contributed by atoms with Gasteiger partial charge in [-0.1, -0.05) is 15.9 Å². The Kier molecular flexibility index (Phi) is 2.77. The van der Waals surface area contributed by atoms with Crippen molar-refractivity contribution in [3.05, 3.63) is 21.5 Å². The van der Waals surface area contributed by atoms with Crippen LogP contribution in [0.4, 0.5) is 5.69 Å². The summed E-state index contributed by atoms with van der Waals surface area (Å²) in [6.45, 7) is 4.23. The number of aryl methyl sites for hydroxylation is 1. The second-order valence-electron chi connectivity index (χ2n) is 4.57. The minimum Gasteiger partial charge on any atom is -0.262 e. The van der Waals surface area contributed by atoms with Crippen LogP contribution in [0.2, 0.25) is 0 Å². The summed E-state index contributed by atoms with van der Waals surface area (Å²) in [4.78, 5) is 10.5. The lowest BCUT2D eigenvalue weighted by Crippen LogP contribution is -2.15. The molecule has 88 valence electrons. The van der Waals surface area contributed by atoms with Crippen LogP contribution in [-0.4, -0.2) is 20.0 Å². The van der Waals surface area contributed by atoms with Crippen molar-refractivity contribution in [3.8, 4) is 0 Å². The highest BCUT2D eigenvalue weighted by Gasteiger charge is 2.43. The Morgan fingerprint density at radius 2 is 2.19 bits per heavy atom. The number of hydrogen-bond acceptors (Lipinski definition) is 3. The molecule has 6 heteroatoms. The second-order valence-corrected chi connectivity index (χ2v) is 5.13. The Balaban J connectivity index is 2.29. The van der Waals surface area contributed by atoms with Crippen molar-refractivity contribution >= 4 is 21.6 Å². The first-order valence-corrected chi connectivity index (χ1v) is 6.36. The molecule has 1 aromatic heterocycles. The van der Waals surface area contributed by atoms with Crippen LogP contribution < -0.4 is 0 Å². The van der Waals surface area contributed by atoms with Crippen LogP contribution in [0.25, 0.3) is 0 Å². The molecule has 0 spiro atoms. The number of nitrogens with zero attached hydrogens (tertiary/aromatic N) is 3. The molecule has 1 aromatic rings. The minimum absolute atomic E-state index is 0.158. The molecule has 0 saturated heterocycles. The lowest BCUT2D eigenvalue weighted by Gasteiger charge is -2.11. The number of aromatic nitrogens is 2. The minimum atomic E-state index is -0.345. The molecule has 0 aliphatic heterocycles. The van der Waals surface area contributed by atoms with E-state index in [1.54, 1.807) is 18.5 Å². The van der Waals surface area contributed by atoms with Gasteiger partial charge in [-0.25, -0.2) is 0 Å². The third-order valence-corrected chi connectivity index (χ3v) is 4.44. The van der Waals surface area contributed by atoms with Gasteiger partial charge < -0.3 is 0 Å². The van der Waals surface area contributed by atoms with Crippen LogP contribution in [0.1, 0.15) is 24.2 Å². The fourth-order valence-electron chi connectivity index (χ4n) is 1.93. The molecule has 1 aliphatic carbocycles. The van der Waals surface area contributed by atoms with Crippen LogP contribution in [-0.2, 0) is 6.54 Å². The van der Waals surface area contributed by atoms with Gasteiger partial charge in [-0.3, -0.25) is 14.8 Å². The Hall–Kier alpha value is -0.910. The summed E-state index contributed by atoms with van der Waals surface area (Å²) in [6.07, 6.45) is 2.34. The number of alkyl halides is 1. The second kappa shape index (κ2) is 3.84. The predicted molar refractivity (Wildman–Crippen MR) is 63.8 cm³/mol. The normalized spacial score (nSPS) is 17.4. The van der Waals surface area contributed by atoms with Gasteiger partial charge in [-0.2, -0.15) is 5.10 Å². The van der Waals surface area contributed by atoms with E-state index in [9.17, 15) is 10.1 Å². The van der Waals surface area contributed by atoms with Crippen molar-refractivity contribution in [2.75, 3.05) is 5.33 Å². The van der Waals surface area contributed by atoms with Crippen LogP contribution in [0.5, 0.6) is 0 Å². The summed E-state index contributed by atoms with van der Waals surface area (Å²) >= 11 is 3.49. The van der Waals surface area contributed by atoms with Gasteiger partial charge >= 0.3 is 5.69 Å². The molecule has 0 atom stereocenters. The molecule has 0 unspecified atom stereocenters. The van der Waals surface area contributed by atoms with Gasteiger partial charge in [0.2, 0.25) is 0 Å². The average molecular weight is 288 g/mol. The Labute approximate surface area is 102 Å². The molecule has 1 fully saturated rings. The highest BCUT2D eigenvalue weighted by molar-refractivity contribution is 9.09. The number of nitro groups is 1. The molecule has 0 bridgehead atoms. The summed E-state index contributed by atoms with van der Waals surface area (Å²) in [5, 5.41) is 16.0. The molecular formula is C10H14BrN3O2. The van der Waals surface area contributed by atoms with Crippen molar-refractivity contribution in [2.45, 2.75) is 33.2 Å². The summed E-state index contributed by atoms with van der Waals surface area (Å²) in [6, 6.07) is 0. The number of rotatable bonds is 4. The van der Waals surface area contributed by atoms with E-state index < -0.39 is 0 Å². The quantitative estimate of drug-likeness (QED) is 0.486. The molecule has 16 heavy (non-hydrogen) atoms. The van der Waals surface area contributed by atoms with Gasteiger partial charge in [-0.15, -0.1) is 0 Å². The van der Waals surface area contributed by atoms with E-state index in [1.165, 1.54) is 12.8 Å². The first-order valence-electron chi connectivity index (χ1n) is 5.23. The summed E-state index contributed by atoms with van der Waals surface area (Å²) in [5.41, 5.74) is 1.60. The molecule has 1 heterocycles. The molecule has 0 amide bonds. The molecular weight excluding hydrogens is 274 g/mol. The van der Waals surface area contributed by atoms with E-state index in [2.05, 4.69) is 21.0 Å². The maximum absolute atomic E-state index is 10.8. The van der Waals surface area contributed by atoms with E-state index in [4.69, 9.17) is 0 Å². The van der Waals surface area contributed by atoms with Crippen molar-refractivity contribution in [1.82, 2.24) is 9.78 Å². The molecule has 0 radical (unpaired) electrons. The highest BCUT2D eigenvalue weighted by atomic mass is 79.9. The molecule has 1 aliphatic rings. The smallest absolute Gasteiger partial charge is 0.262 e. The Morgan fingerprint density at radius 3 is 2.56 bits per heavy atom. The number of halogens is 1. The fraction of sp³-hybridized carbons (Fsp3) is 0.700. The first-order chi connectivity index (χ1) is 7.49. The van der Waals surface area contributed by atoms with Gasteiger partial charge in [0, 0.05) is 11.9 Å². The molecule has 1 saturated carbocycles. The standard InChI is InChI=1S/C10H14BrN3O2/c1-7-9(14(15)16)8(2)13(12-7)6-10(5-11)3-4-10/h3-6H2,1-2H3. The SMILES string of the molecule is Cc1nn(CC2(CBr)CC2)c(C)c1[N+](=O)[O-]. The van der Waals surface area contributed by atoms with Crippen LogP contribution in [0.15, 0.2) is 0 Å². The topological polar surface area (TPSA) is 61.0 Å². The summed E-state index contributed by atoms with van der Waals surface area (Å²) in [7, 11) is 0. The zero-order valence-corrected chi connectivity index (χ0v) is 11.0. The zero-order chi connectivity index (χ0) is 11.9. The van der Waals surface area contributed by atoms with Crippen molar-refractivity contribution in [2.24, 2.45) is 5.41 Å². The maximum atomic E-state index is 10.8. The third kappa shape index (κ3) is 1.86. The van der Waals surface area contributed by atoms with Gasteiger partial charge in [0.1, 0.15) is 11.4 Å². The van der Waals surface area contributed by atoms with Gasteiger partial charge in [0.25, 0.3) is 0 Å². The Morgan fingerprint density at radius 1 is 1.56 bits per heavy atom. The van der Waals surface area contributed by atoms with Crippen LogP contribution in [0.3, 0.4) is 0 Å². The average Bonchev–Trinajstić information content (AvgIpc) is 2.91. The fourth-order valence-corrected chi connectivity index (χ4v) is 2.67. The van der Waals surface area contributed by atoms with Gasteiger partial charge in [-0.05, 0) is 32.1 Å². The van der Waals surface area contributed by atoms with Crippen molar-refractivity contribution in [1.29, 1.82) is 0 Å². The Bertz CT molecular complexity index is 438. The third-order valence-electron chi connectivity index (χ3n) is 3.25. The summed E-state index contributed by atoms with van der Waals surface area (Å²) in [5.74, 6) is 0. The van der Waals surface area contributed by atoms with Crippen molar-refractivity contribution < 1.29 is 4.92 Å². The lowest BCUT2D eigenvalue weighted by atomic mass is 10.1. The zero-order valence-electron chi connectivity index (χ0n) is 9.36. The van der Waals surface area contributed by atoms with Crippen LogP contribution >= 0.6 is 15.9 Å².